The highest BCUT2D eigenvalue weighted by molar-refractivity contribution is 14.0. The molecule has 1 unspecified atom stereocenters. The number of aryl methyl sites for hydroxylation is 1. The van der Waals surface area contributed by atoms with E-state index in [1.807, 2.05) is 0 Å². The van der Waals surface area contributed by atoms with Gasteiger partial charge in [0, 0.05) is 32.6 Å². The first-order chi connectivity index (χ1) is 11.3. The van der Waals surface area contributed by atoms with Gasteiger partial charge in [-0.2, -0.15) is 0 Å². The third-order valence-electron chi connectivity index (χ3n) is 5.32. The van der Waals surface area contributed by atoms with Crippen LogP contribution < -0.4 is 5.32 Å². The van der Waals surface area contributed by atoms with Crippen molar-refractivity contribution < 1.29 is 8.42 Å². The lowest BCUT2D eigenvalue weighted by Gasteiger charge is -2.39. The molecular formula is C18H28IN3O2S. The molecule has 0 bridgehead atoms. The predicted molar refractivity (Wildman–Crippen MR) is 114 cm³/mol. The van der Waals surface area contributed by atoms with Crippen molar-refractivity contribution in [3.05, 3.63) is 35.4 Å². The van der Waals surface area contributed by atoms with E-state index in [2.05, 4.69) is 39.5 Å². The third-order valence-corrected chi connectivity index (χ3v) is 7.85. The summed E-state index contributed by atoms with van der Waals surface area (Å²) in [5.74, 6) is 1.49. The molecule has 1 N–H and O–H groups in total. The summed E-state index contributed by atoms with van der Waals surface area (Å²) >= 11 is 0. The van der Waals surface area contributed by atoms with Crippen LogP contribution in [0.25, 0.3) is 0 Å². The molecule has 1 aromatic rings. The number of aliphatic imine (C=N–C) groups is 1. The SMILES string of the molecule is CN=C(NCC1CCc2ccccc21)N1CCS(=O)(=O)C(C)(C)C1.I. The number of rotatable bonds is 2. The van der Waals surface area contributed by atoms with Gasteiger partial charge in [0.2, 0.25) is 0 Å². The van der Waals surface area contributed by atoms with Crippen molar-refractivity contribution in [2.24, 2.45) is 4.99 Å². The van der Waals surface area contributed by atoms with Crippen LogP contribution in [-0.2, 0) is 16.3 Å². The Hall–Kier alpha value is -0.830. The highest BCUT2D eigenvalue weighted by Gasteiger charge is 2.41. The molecule has 1 atom stereocenters. The number of guanidine groups is 1. The Kier molecular flexibility index (Phi) is 6.40. The van der Waals surface area contributed by atoms with Crippen LogP contribution in [-0.4, -0.2) is 56.5 Å². The van der Waals surface area contributed by atoms with Crippen molar-refractivity contribution in [1.82, 2.24) is 10.2 Å². The summed E-state index contributed by atoms with van der Waals surface area (Å²) in [5.41, 5.74) is 2.88. The monoisotopic (exact) mass is 477 g/mol. The van der Waals surface area contributed by atoms with Gasteiger partial charge in [0.05, 0.1) is 10.5 Å². The highest BCUT2D eigenvalue weighted by atomic mass is 127. The minimum Gasteiger partial charge on any atom is -0.356 e. The fraction of sp³-hybridized carbons (Fsp3) is 0.611. The number of hydrogen-bond acceptors (Lipinski definition) is 3. The standard InChI is InChI=1S/C18H27N3O2S.HI/c1-18(2)13-21(10-11-24(18,22)23)17(19-3)20-12-15-9-8-14-6-4-5-7-16(14)15;/h4-7,15H,8-13H2,1-3H3,(H,19,20);1H. The number of nitrogens with one attached hydrogen (secondary N) is 1. The predicted octanol–water partition coefficient (Wildman–Crippen LogP) is 2.42. The molecule has 3 rings (SSSR count). The molecule has 140 valence electrons. The van der Waals surface area contributed by atoms with Gasteiger partial charge >= 0.3 is 0 Å². The van der Waals surface area contributed by atoms with Crippen molar-refractivity contribution in [3.8, 4) is 0 Å². The largest absolute Gasteiger partial charge is 0.356 e. The Labute approximate surface area is 168 Å². The molecule has 2 aliphatic rings. The van der Waals surface area contributed by atoms with Crippen LogP contribution >= 0.6 is 24.0 Å². The second-order valence-electron chi connectivity index (χ2n) is 7.36. The first kappa shape index (κ1) is 20.5. The lowest BCUT2D eigenvalue weighted by molar-refractivity contribution is 0.352. The average Bonchev–Trinajstić information content (AvgIpc) is 2.95. The van der Waals surface area contributed by atoms with Crippen molar-refractivity contribution in [1.29, 1.82) is 0 Å². The quantitative estimate of drug-likeness (QED) is 0.404. The molecule has 1 saturated heterocycles. The van der Waals surface area contributed by atoms with Crippen LogP contribution in [0.2, 0.25) is 0 Å². The van der Waals surface area contributed by atoms with Gasteiger partial charge in [-0.25, -0.2) is 8.42 Å². The highest BCUT2D eigenvalue weighted by Crippen LogP contribution is 2.32. The maximum atomic E-state index is 12.2. The Bertz CT molecular complexity index is 746. The van der Waals surface area contributed by atoms with Crippen LogP contribution in [0, 0.1) is 0 Å². The Balaban J connectivity index is 0.00000225. The smallest absolute Gasteiger partial charge is 0.193 e. The average molecular weight is 477 g/mol. The van der Waals surface area contributed by atoms with Crippen molar-refractivity contribution >= 4 is 39.8 Å². The van der Waals surface area contributed by atoms with Gasteiger partial charge in [0.1, 0.15) is 0 Å². The summed E-state index contributed by atoms with van der Waals surface area (Å²) in [6.07, 6.45) is 2.29. The minimum absolute atomic E-state index is 0. The van der Waals surface area contributed by atoms with Crippen LogP contribution in [0.15, 0.2) is 29.3 Å². The van der Waals surface area contributed by atoms with E-state index in [4.69, 9.17) is 0 Å². The topological polar surface area (TPSA) is 61.8 Å². The van der Waals surface area contributed by atoms with E-state index in [-0.39, 0.29) is 29.7 Å². The summed E-state index contributed by atoms with van der Waals surface area (Å²) in [6.45, 7) is 5.43. The summed E-state index contributed by atoms with van der Waals surface area (Å²) < 4.78 is 23.6. The van der Waals surface area contributed by atoms with Crippen LogP contribution in [0.1, 0.15) is 37.3 Å². The number of halogens is 1. The zero-order chi connectivity index (χ0) is 17.4. The molecule has 0 amide bonds. The van der Waals surface area contributed by atoms with Crippen molar-refractivity contribution in [2.45, 2.75) is 37.4 Å². The fourth-order valence-electron chi connectivity index (χ4n) is 3.73. The van der Waals surface area contributed by atoms with E-state index in [1.165, 1.54) is 11.1 Å². The summed E-state index contributed by atoms with van der Waals surface area (Å²) in [7, 11) is -1.27. The molecule has 1 aliphatic heterocycles. The van der Waals surface area contributed by atoms with Crippen LogP contribution in [0.5, 0.6) is 0 Å². The molecule has 0 aromatic heterocycles. The van der Waals surface area contributed by atoms with Crippen LogP contribution in [0.4, 0.5) is 0 Å². The number of hydrogen-bond donors (Lipinski definition) is 1. The van der Waals surface area contributed by atoms with Gasteiger partial charge in [-0.15, -0.1) is 24.0 Å². The maximum Gasteiger partial charge on any atom is 0.193 e. The second-order valence-corrected chi connectivity index (χ2v) is 10.1. The molecule has 0 saturated carbocycles. The summed E-state index contributed by atoms with van der Waals surface area (Å²) in [4.78, 5) is 6.45. The molecule has 25 heavy (non-hydrogen) atoms. The second kappa shape index (κ2) is 7.82. The molecule has 1 fully saturated rings. The van der Waals surface area contributed by atoms with Crippen LogP contribution in [0.3, 0.4) is 0 Å². The van der Waals surface area contributed by atoms with E-state index in [1.54, 1.807) is 20.9 Å². The first-order valence-electron chi connectivity index (χ1n) is 8.60. The summed E-state index contributed by atoms with van der Waals surface area (Å²) in [5, 5.41) is 3.47. The van der Waals surface area contributed by atoms with E-state index in [9.17, 15) is 8.42 Å². The number of nitrogens with zero attached hydrogens (tertiary/aromatic N) is 2. The maximum absolute atomic E-state index is 12.2. The third kappa shape index (κ3) is 4.13. The lowest BCUT2D eigenvalue weighted by Crippen LogP contribution is -2.57. The zero-order valence-corrected chi connectivity index (χ0v) is 18.3. The molecule has 5 nitrogen and oxygen atoms in total. The van der Waals surface area contributed by atoms with Crippen molar-refractivity contribution in [2.75, 3.05) is 32.4 Å². The minimum atomic E-state index is -3.03. The number of sulfone groups is 1. The normalized spacial score (nSPS) is 24.4. The lowest BCUT2D eigenvalue weighted by atomic mass is 10.0. The van der Waals surface area contributed by atoms with Gasteiger partial charge in [0.15, 0.2) is 15.8 Å². The van der Waals surface area contributed by atoms with Gasteiger partial charge in [-0.05, 0) is 37.8 Å². The molecule has 1 aromatic carbocycles. The first-order valence-corrected chi connectivity index (χ1v) is 10.2. The van der Waals surface area contributed by atoms with E-state index in [0.29, 0.717) is 19.0 Å². The number of fused-ring (bicyclic) bond motifs is 1. The zero-order valence-electron chi connectivity index (χ0n) is 15.2. The Morgan fingerprint density at radius 3 is 2.76 bits per heavy atom. The van der Waals surface area contributed by atoms with E-state index >= 15 is 0 Å². The molecule has 7 heteroatoms. The van der Waals surface area contributed by atoms with Gasteiger partial charge in [0.25, 0.3) is 0 Å². The Morgan fingerprint density at radius 1 is 1.36 bits per heavy atom. The summed E-state index contributed by atoms with van der Waals surface area (Å²) in [6, 6.07) is 8.63. The molecule has 1 aliphatic carbocycles. The van der Waals surface area contributed by atoms with Gasteiger partial charge < -0.3 is 10.2 Å². The molecule has 1 heterocycles. The number of benzene rings is 1. The Morgan fingerprint density at radius 2 is 2.08 bits per heavy atom. The van der Waals surface area contributed by atoms with Gasteiger partial charge in [-0.1, -0.05) is 24.3 Å². The molecule has 0 spiro atoms. The molecular weight excluding hydrogens is 449 g/mol. The van der Waals surface area contributed by atoms with Gasteiger partial charge in [-0.3, -0.25) is 4.99 Å². The van der Waals surface area contributed by atoms with Crippen molar-refractivity contribution in [3.63, 3.8) is 0 Å². The molecule has 0 radical (unpaired) electrons. The van der Waals surface area contributed by atoms with E-state index < -0.39 is 14.6 Å². The van der Waals surface area contributed by atoms with E-state index in [0.717, 1.165) is 25.3 Å². The fourth-order valence-corrected chi connectivity index (χ4v) is 5.09.